The summed E-state index contributed by atoms with van der Waals surface area (Å²) < 4.78 is 0. The topological polar surface area (TPSA) is 57.8 Å². The molecule has 0 saturated heterocycles. The average molecular weight is 188 g/mol. The lowest BCUT2D eigenvalue weighted by Crippen LogP contribution is -2.23. The second-order valence-corrected chi connectivity index (χ2v) is 2.70. The monoisotopic (exact) mass is 187 g/mol. The van der Waals surface area contributed by atoms with E-state index >= 15 is 0 Å². The number of halogens is 1. The lowest BCUT2D eigenvalue weighted by molar-refractivity contribution is -0.118. The summed E-state index contributed by atoms with van der Waals surface area (Å²) in [6.45, 7) is 2.38. The van der Waals surface area contributed by atoms with Crippen LogP contribution in [0.1, 0.15) is 11.3 Å². The maximum absolute atomic E-state index is 10.7. The number of amides is 1. The fourth-order valence-electron chi connectivity index (χ4n) is 0.795. The van der Waals surface area contributed by atoms with Gasteiger partial charge in [-0.1, -0.05) is 0 Å². The normalized spacial score (nSPS) is 9.83. The van der Waals surface area contributed by atoms with Gasteiger partial charge in [0.2, 0.25) is 5.91 Å². The van der Waals surface area contributed by atoms with Gasteiger partial charge in [0.1, 0.15) is 5.88 Å². The number of nitrogens with one attached hydrogen (secondary N) is 2. The van der Waals surface area contributed by atoms with Crippen molar-refractivity contribution in [2.24, 2.45) is 0 Å². The van der Waals surface area contributed by atoms with Gasteiger partial charge in [-0.2, -0.15) is 5.10 Å². The predicted molar refractivity (Wildman–Crippen MR) is 45.9 cm³/mol. The van der Waals surface area contributed by atoms with E-state index in [1.54, 1.807) is 6.20 Å². The van der Waals surface area contributed by atoms with Crippen LogP contribution in [0, 0.1) is 6.92 Å². The summed E-state index contributed by atoms with van der Waals surface area (Å²) in [4.78, 5) is 10.7. The van der Waals surface area contributed by atoms with Crippen LogP contribution in [0.3, 0.4) is 0 Å². The molecule has 0 aliphatic rings. The van der Waals surface area contributed by atoms with Crippen molar-refractivity contribution in [3.63, 3.8) is 0 Å². The van der Waals surface area contributed by atoms with E-state index in [1.165, 1.54) is 0 Å². The van der Waals surface area contributed by atoms with Crippen molar-refractivity contribution < 1.29 is 4.79 Å². The number of carbonyl (C=O) groups excluding carboxylic acids is 1. The van der Waals surface area contributed by atoms with Crippen molar-refractivity contribution in [1.29, 1.82) is 0 Å². The number of aryl methyl sites for hydroxylation is 1. The number of aromatic nitrogens is 2. The molecule has 0 spiro atoms. The minimum atomic E-state index is -0.169. The number of hydrogen-bond donors (Lipinski definition) is 2. The predicted octanol–water partition coefficient (Wildman–Crippen LogP) is 0.573. The van der Waals surface area contributed by atoms with Crippen molar-refractivity contribution >= 4 is 17.5 Å². The quantitative estimate of drug-likeness (QED) is 0.680. The molecule has 0 aromatic carbocycles. The highest BCUT2D eigenvalue weighted by atomic mass is 35.5. The second-order valence-electron chi connectivity index (χ2n) is 2.43. The summed E-state index contributed by atoms with van der Waals surface area (Å²) >= 11 is 5.30. The third-order valence-corrected chi connectivity index (χ3v) is 1.77. The fourth-order valence-corrected chi connectivity index (χ4v) is 0.889. The zero-order valence-corrected chi connectivity index (χ0v) is 7.48. The molecule has 1 aromatic rings. The van der Waals surface area contributed by atoms with Gasteiger partial charge in [-0.15, -0.1) is 11.6 Å². The molecule has 2 N–H and O–H groups in total. The van der Waals surface area contributed by atoms with Gasteiger partial charge in [0.25, 0.3) is 0 Å². The van der Waals surface area contributed by atoms with Crippen molar-refractivity contribution in [1.82, 2.24) is 15.5 Å². The van der Waals surface area contributed by atoms with E-state index in [2.05, 4.69) is 15.5 Å². The van der Waals surface area contributed by atoms with Gasteiger partial charge in [-0.05, 0) is 6.92 Å². The van der Waals surface area contributed by atoms with Gasteiger partial charge in [-0.25, -0.2) is 0 Å². The van der Waals surface area contributed by atoms with Crippen LogP contribution in [0.15, 0.2) is 6.20 Å². The molecule has 0 radical (unpaired) electrons. The number of alkyl halides is 1. The van der Waals surface area contributed by atoms with Gasteiger partial charge in [0.15, 0.2) is 0 Å². The summed E-state index contributed by atoms with van der Waals surface area (Å²) in [5.74, 6) is -0.172. The molecule has 66 valence electrons. The standard InChI is InChI=1S/C7H10ClN3O/c1-5-6(4-10-11-5)3-9-7(12)2-8/h4H,2-3H2,1H3,(H,9,12)(H,10,11). The van der Waals surface area contributed by atoms with E-state index in [1.807, 2.05) is 6.92 Å². The van der Waals surface area contributed by atoms with Gasteiger partial charge in [0.05, 0.1) is 6.20 Å². The Morgan fingerprint density at radius 3 is 3.08 bits per heavy atom. The van der Waals surface area contributed by atoms with Crippen LogP contribution >= 0.6 is 11.6 Å². The highest BCUT2D eigenvalue weighted by molar-refractivity contribution is 6.27. The van der Waals surface area contributed by atoms with E-state index in [4.69, 9.17) is 11.6 Å². The first kappa shape index (κ1) is 9.06. The lowest BCUT2D eigenvalue weighted by atomic mass is 10.3. The zero-order valence-electron chi connectivity index (χ0n) is 6.72. The Kier molecular flexibility index (Phi) is 3.10. The number of H-pyrrole nitrogens is 1. The summed E-state index contributed by atoms with van der Waals surface area (Å²) in [6.07, 6.45) is 1.68. The van der Waals surface area contributed by atoms with Crippen LogP contribution in [0.25, 0.3) is 0 Å². The molecule has 0 unspecified atom stereocenters. The third kappa shape index (κ3) is 2.23. The molecule has 1 aromatic heterocycles. The molecule has 4 nitrogen and oxygen atoms in total. The van der Waals surface area contributed by atoms with Gasteiger partial charge in [0, 0.05) is 17.8 Å². The van der Waals surface area contributed by atoms with Gasteiger partial charge in [-0.3, -0.25) is 9.89 Å². The molecule has 0 bridgehead atoms. The molecule has 0 aliphatic heterocycles. The van der Waals surface area contributed by atoms with E-state index in [9.17, 15) is 4.79 Å². The smallest absolute Gasteiger partial charge is 0.235 e. The number of carbonyl (C=O) groups is 1. The molecule has 1 rings (SSSR count). The first-order chi connectivity index (χ1) is 5.74. The van der Waals surface area contributed by atoms with E-state index in [-0.39, 0.29) is 11.8 Å². The Labute approximate surface area is 75.3 Å². The Bertz CT molecular complexity index is 271. The number of aromatic amines is 1. The number of hydrogen-bond acceptors (Lipinski definition) is 2. The van der Waals surface area contributed by atoms with Crippen LogP contribution in [-0.2, 0) is 11.3 Å². The Hall–Kier alpha value is -1.03. The minimum absolute atomic E-state index is 0.00308. The molecule has 0 saturated carbocycles. The highest BCUT2D eigenvalue weighted by Gasteiger charge is 2.01. The Morgan fingerprint density at radius 1 is 1.83 bits per heavy atom. The molecular formula is C7H10ClN3O. The van der Waals surface area contributed by atoms with Gasteiger partial charge >= 0.3 is 0 Å². The van der Waals surface area contributed by atoms with Crippen molar-refractivity contribution in [3.05, 3.63) is 17.5 Å². The molecule has 0 fully saturated rings. The zero-order chi connectivity index (χ0) is 8.97. The molecular weight excluding hydrogens is 178 g/mol. The maximum Gasteiger partial charge on any atom is 0.235 e. The molecule has 12 heavy (non-hydrogen) atoms. The number of rotatable bonds is 3. The number of nitrogens with zero attached hydrogens (tertiary/aromatic N) is 1. The first-order valence-electron chi connectivity index (χ1n) is 3.55. The SMILES string of the molecule is Cc1[nH]ncc1CNC(=O)CCl. The Morgan fingerprint density at radius 2 is 2.58 bits per heavy atom. The summed E-state index contributed by atoms with van der Waals surface area (Å²) in [7, 11) is 0. The third-order valence-electron chi connectivity index (χ3n) is 1.53. The van der Waals surface area contributed by atoms with Crippen molar-refractivity contribution in [2.45, 2.75) is 13.5 Å². The van der Waals surface area contributed by atoms with E-state index in [0.29, 0.717) is 6.54 Å². The minimum Gasteiger partial charge on any atom is -0.351 e. The van der Waals surface area contributed by atoms with Crippen LogP contribution < -0.4 is 5.32 Å². The molecule has 1 amide bonds. The van der Waals surface area contributed by atoms with Crippen LogP contribution in [0.5, 0.6) is 0 Å². The molecule has 0 atom stereocenters. The molecule has 1 heterocycles. The maximum atomic E-state index is 10.7. The largest absolute Gasteiger partial charge is 0.351 e. The first-order valence-corrected chi connectivity index (χ1v) is 4.09. The van der Waals surface area contributed by atoms with E-state index in [0.717, 1.165) is 11.3 Å². The fraction of sp³-hybridized carbons (Fsp3) is 0.429. The van der Waals surface area contributed by atoms with E-state index < -0.39 is 0 Å². The van der Waals surface area contributed by atoms with Crippen molar-refractivity contribution in [2.75, 3.05) is 5.88 Å². The summed E-state index contributed by atoms with van der Waals surface area (Å²) in [6, 6.07) is 0. The van der Waals surface area contributed by atoms with Crippen LogP contribution in [0.4, 0.5) is 0 Å². The highest BCUT2D eigenvalue weighted by Crippen LogP contribution is 2.00. The summed E-state index contributed by atoms with van der Waals surface area (Å²) in [5.41, 5.74) is 1.94. The average Bonchev–Trinajstić information content (AvgIpc) is 2.47. The Balaban J connectivity index is 2.43. The van der Waals surface area contributed by atoms with Crippen molar-refractivity contribution in [3.8, 4) is 0 Å². The summed E-state index contributed by atoms with van der Waals surface area (Å²) in [5, 5.41) is 9.24. The molecule has 0 aliphatic carbocycles. The van der Waals surface area contributed by atoms with Crippen LogP contribution in [0.2, 0.25) is 0 Å². The van der Waals surface area contributed by atoms with Crippen LogP contribution in [-0.4, -0.2) is 22.0 Å². The molecule has 5 heteroatoms. The van der Waals surface area contributed by atoms with Gasteiger partial charge < -0.3 is 5.32 Å². The second kappa shape index (κ2) is 4.11. The lowest BCUT2D eigenvalue weighted by Gasteiger charge is -2.00.